The van der Waals surface area contributed by atoms with Gasteiger partial charge in [0.05, 0.1) is 34.1 Å². The number of nitrogens with zero attached hydrogens (tertiary/aromatic N) is 3. The first-order chi connectivity index (χ1) is 13.1. The highest BCUT2D eigenvalue weighted by Crippen LogP contribution is 2.38. The van der Waals surface area contributed by atoms with E-state index in [9.17, 15) is 0 Å². The molecule has 1 aromatic carbocycles. The number of aryl methyl sites for hydroxylation is 1. The first-order valence-corrected chi connectivity index (χ1v) is 8.89. The van der Waals surface area contributed by atoms with Gasteiger partial charge in [-0.1, -0.05) is 0 Å². The van der Waals surface area contributed by atoms with Crippen LogP contribution in [0.4, 0.5) is 0 Å². The third kappa shape index (κ3) is 5.80. The van der Waals surface area contributed by atoms with Gasteiger partial charge < -0.3 is 24.8 Å². The predicted octanol–water partition coefficient (Wildman–Crippen LogP) is 1.74. The lowest BCUT2D eigenvalue weighted by Crippen LogP contribution is -2.38. The zero-order valence-electron chi connectivity index (χ0n) is 16.7. The van der Waals surface area contributed by atoms with Crippen molar-refractivity contribution in [1.29, 1.82) is 0 Å². The maximum absolute atomic E-state index is 5.40. The molecule has 0 saturated carbocycles. The molecule has 0 fully saturated rings. The fraction of sp³-hybridized carbons (Fsp3) is 0.474. The first-order valence-electron chi connectivity index (χ1n) is 8.89. The molecule has 1 heterocycles. The molecule has 0 aliphatic rings. The minimum Gasteiger partial charge on any atom is -0.493 e. The van der Waals surface area contributed by atoms with Gasteiger partial charge in [-0.15, -0.1) is 0 Å². The van der Waals surface area contributed by atoms with Crippen molar-refractivity contribution in [2.75, 3.05) is 34.4 Å². The van der Waals surface area contributed by atoms with Gasteiger partial charge in [-0.2, -0.15) is 5.10 Å². The Morgan fingerprint density at radius 1 is 1.07 bits per heavy atom. The Kier molecular flexibility index (Phi) is 7.79. The van der Waals surface area contributed by atoms with E-state index < -0.39 is 0 Å². The SMILES string of the molecule is CCNC(=NCc1cc(OC)c(OC)c(OC)c1)NCCc1cnn(C)c1. The number of benzene rings is 1. The second-order valence-corrected chi connectivity index (χ2v) is 5.93. The number of methoxy groups -OCH3 is 3. The van der Waals surface area contributed by atoms with Crippen LogP contribution in [0.3, 0.4) is 0 Å². The van der Waals surface area contributed by atoms with Gasteiger partial charge in [0.25, 0.3) is 0 Å². The number of rotatable bonds is 9. The van der Waals surface area contributed by atoms with E-state index >= 15 is 0 Å². The van der Waals surface area contributed by atoms with Crippen LogP contribution in [-0.2, 0) is 20.0 Å². The average Bonchev–Trinajstić information content (AvgIpc) is 3.10. The molecule has 1 aromatic heterocycles. The monoisotopic (exact) mass is 375 g/mol. The van der Waals surface area contributed by atoms with E-state index in [0.29, 0.717) is 23.8 Å². The van der Waals surface area contributed by atoms with Crippen molar-refractivity contribution < 1.29 is 14.2 Å². The Balaban J connectivity index is 2.04. The van der Waals surface area contributed by atoms with Gasteiger partial charge in [-0.05, 0) is 36.6 Å². The highest BCUT2D eigenvalue weighted by atomic mass is 16.5. The molecule has 0 spiro atoms. The number of aliphatic imine (C=N–C) groups is 1. The Labute approximate surface area is 160 Å². The lowest BCUT2D eigenvalue weighted by molar-refractivity contribution is 0.324. The van der Waals surface area contributed by atoms with Crippen LogP contribution in [0.15, 0.2) is 29.5 Å². The van der Waals surface area contributed by atoms with Gasteiger partial charge >= 0.3 is 0 Å². The summed E-state index contributed by atoms with van der Waals surface area (Å²) in [5, 5.41) is 10.8. The minimum absolute atomic E-state index is 0.485. The number of nitrogens with one attached hydrogen (secondary N) is 2. The standard InChI is InChI=1S/C19H29N5O3/c1-6-20-19(21-8-7-14-12-23-24(2)13-14)22-11-15-9-16(25-3)18(27-5)17(10-15)26-4/h9-10,12-13H,6-8,11H2,1-5H3,(H2,20,21,22). The van der Waals surface area contributed by atoms with Crippen LogP contribution in [0.25, 0.3) is 0 Å². The van der Waals surface area contributed by atoms with Crippen molar-refractivity contribution in [3.8, 4) is 17.2 Å². The summed E-state index contributed by atoms with van der Waals surface area (Å²) in [6.45, 7) is 4.08. The molecule has 0 aliphatic carbocycles. The fourth-order valence-corrected chi connectivity index (χ4v) is 2.66. The van der Waals surface area contributed by atoms with Gasteiger partial charge in [0.2, 0.25) is 5.75 Å². The van der Waals surface area contributed by atoms with Gasteiger partial charge in [0.15, 0.2) is 17.5 Å². The zero-order chi connectivity index (χ0) is 19.6. The molecule has 2 N–H and O–H groups in total. The van der Waals surface area contributed by atoms with E-state index in [1.54, 1.807) is 26.0 Å². The van der Waals surface area contributed by atoms with E-state index in [1.807, 2.05) is 38.5 Å². The van der Waals surface area contributed by atoms with Crippen LogP contribution in [0, 0.1) is 0 Å². The molecule has 2 aromatic rings. The van der Waals surface area contributed by atoms with Gasteiger partial charge in [0.1, 0.15) is 0 Å². The first kappa shape index (κ1) is 20.4. The summed E-state index contributed by atoms with van der Waals surface area (Å²) in [6.07, 6.45) is 4.77. The molecule has 0 atom stereocenters. The summed E-state index contributed by atoms with van der Waals surface area (Å²) < 4.78 is 18.0. The molecule has 8 nitrogen and oxygen atoms in total. The number of hydrogen-bond acceptors (Lipinski definition) is 5. The van der Waals surface area contributed by atoms with Crippen molar-refractivity contribution in [3.05, 3.63) is 35.7 Å². The second-order valence-electron chi connectivity index (χ2n) is 5.93. The number of hydrogen-bond donors (Lipinski definition) is 2. The molecular formula is C19H29N5O3. The summed E-state index contributed by atoms with van der Waals surface area (Å²) in [6, 6.07) is 3.81. The number of guanidine groups is 1. The van der Waals surface area contributed by atoms with Crippen LogP contribution in [0.2, 0.25) is 0 Å². The van der Waals surface area contributed by atoms with Crippen molar-refractivity contribution >= 4 is 5.96 Å². The van der Waals surface area contributed by atoms with Gasteiger partial charge in [-0.3, -0.25) is 4.68 Å². The number of ether oxygens (including phenoxy) is 3. The topological polar surface area (TPSA) is 81.9 Å². The Hall–Kier alpha value is -2.90. The highest BCUT2D eigenvalue weighted by Gasteiger charge is 2.13. The lowest BCUT2D eigenvalue weighted by Gasteiger charge is -2.14. The van der Waals surface area contributed by atoms with E-state index in [0.717, 1.165) is 31.0 Å². The fourth-order valence-electron chi connectivity index (χ4n) is 2.66. The molecule has 0 radical (unpaired) electrons. The normalized spacial score (nSPS) is 11.2. The molecule has 0 saturated heterocycles. The summed E-state index contributed by atoms with van der Waals surface area (Å²) in [7, 11) is 6.72. The lowest BCUT2D eigenvalue weighted by atomic mass is 10.2. The molecule has 0 bridgehead atoms. The second kappa shape index (κ2) is 10.3. The van der Waals surface area contributed by atoms with E-state index in [4.69, 9.17) is 14.2 Å². The summed E-state index contributed by atoms with van der Waals surface area (Å²) in [5.41, 5.74) is 2.15. The predicted molar refractivity (Wildman–Crippen MR) is 106 cm³/mol. The van der Waals surface area contributed by atoms with Crippen LogP contribution >= 0.6 is 0 Å². The van der Waals surface area contributed by atoms with Crippen molar-refractivity contribution in [2.24, 2.45) is 12.0 Å². The molecule has 27 heavy (non-hydrogen) atoms. The van der Waals surface area contributed by atoms with Crippen molar-refractivity contribution in [2.45, 2.75) is 19.9 Å². The number of aromatic nitrogens is 2. The quantitative estimate of drug-likeness (QED) is 0.513. The third-order valence-corrected chi connectivity index (χ3v) is 3.95. The largest absolute Gasteiger partial charge is 0.493 e. The average molecular weight is 375 g/mol. The van der Waals surface area contributed by atoms with E-state index in [1.165, 1.54) is 5.56 Å². The van der Waals surface area contributed by atoms with Crippen LogP contribution < -0.4 is 24.8 Å². The highest BCUT2D eigenvalue weighted by molar-refractivity contribution is 5.79. The Bertz CT molecular complexity index is 733. The summed E-state index contributed by atoms with van der Waals surface area (Å²) >= 11 is 0. The third-order valence-electron chi connectivity index (χ3n) is 3.95. The van der Waals surface area contributed by atoms with Gasteiger partial charge in [-0.25, -0.2) is 4.99 Å². The van der Waals surface area contributed by atoms with Crippen molar-refractivity contribution in [1.82, 2.24) is 20.4 Å². The molecule has 2 rings (SSSR count). The van der Waals surface area contributed by atoms with E-state index in [2.05, 4.69) is 20.7 Å². The summed E-state index contributed by atoms with van der Waals surface area (Å²) in [4.78, 5) is 4.65. The van der Waals surface area contributed by atoms with Crippen LogP contribution in [0.5, 0.6) is 17.2 Å². The van der Waals surface area contributed by atoms with Crippen molar-refractivity contribution in [3.63, 3.8) is 0 Å². The van der Waals surface area contributed by atoms with Crippen LogP contribution in [0.1, 0.15) is 18.1 Å². The Morgan fingerprint density at radius 3 is 2.30 bits per heavy atom. The minimum atomic E-state index is 0.485. The summed E-state index contributed by atoms with van der Waals surface area (Å²) in [5.74, 6) is 2.58. The molecule has 0 unspecified atom stereocenters. The smallest absolute Gasteiger partial charge is 0.203 e. The van der Waals surface area contributed by atoms with Gasteiger partial charge in [0, 0.05) is 26.3 Å². The zero-order valence-corrected chi connectivity index (χ0v) is 16.7. The molecule has 148 valence electrons. The maximum atomic E-state index is 5.40. The van der Waals surface area contributed by atoms with E-state index in [-0.39, 0.29) is 0 Å². The molecule has 0 aliphatic heterocycles. The molecular weight excluding hydrogens is 346 g/mol. The molecule has 0 amide bonds. The Morgan fingerprint density at radius 2 is 1.78 bits per heavy atom. The maximum Gasteiger partial charge on any atom is 0.203 e. The van der Waals surface area contributed by atoms with Crippen LogP contribution in [-0.4, -0.2) is 50.2 Å². The molecule has 8 heteroatoms.